The molecule has 0 aliphatic heterocycles. The van der Waals surface area contributed by atoms with Crippen molar-refractivity contribution in [1.29, 1.82) is 0 Å². The van der Waals surface area contributed by atoms with E-state index in [-0.39, 0.29) is 11.8 Å². The van der Waals surface area contributed by atoms with E-state index in [1.54, 1.807) is 18.3 Å². The number of hydrogen-bond acceptors (Lipinski definition) is 2. The highest BCUT2D eigenvalue weighted by molar-refractivity contribution is 5.89. The van der Waals surface area contributed by atoms with Gasteiger partial charge < -0.3 is 5.11 Å². The summed E-state index contributed by atoms with van der Waals surface area (Å²) in [5.74, 6) is -0.0303. The van der Waals surface area contributed by atoms with Crippen LogP contribution in [-0.2, 0) is 12.6 Å². The number of halogens is 3. The van der Waals surface area contributed by atoms with Gasteiger partial charge in [-0.1, -0.05) is 74.7 Å². The maximum atomic E-state index is 13.3. The topological polar surface area (TPSA) is 50.2 Å². The summed E-state index contributed by atoms with van der Waals surface area (Å²) in [6.07, 6.45) is 5.61. The number of pyridine rings is 1. The molecule has 1 saturated carbocycles. The Morgan fingerprint density at radius 1 is 0.976 bits per heavy atom. The molecule has 0 amide bonds. The van der Waals surface area contributed by atoms with Crippen LogP contribution in [0.15, 0.2) is 79.0 Å². The molecule has 0 saturated heterocycles. The molecule has 3 nitrogen and oxygen atoms in total. The molecule has 1 N–H and O–H groups in total. The monoisotopic (exact) mass is 559 g/mol. The van der Waals surface area contributed by atoms with Crippen molar-refractivity contribution in [3.8, 4) is 0 Å². The molecular weight excluding hydrogens is 523 g/mol. The van der Waals surface area contributed by atoms with Gasteiger partial charge in [0.1, 0.15) is 0 Å². The molecule has 1 aliphatic rings. The summed E-state index contributed by atoms with van der Waals surface area (Å²) in [7, 11) is 0. The third-order valence-corrected chi connectivity index (χ3v) is 8.78. The maximum Gasteiger partial charge on any atom is 0.416 e. The van der Waals surface area contributed by atoms with Crippen molar-refractivity contribution in [2.45, 2.75) is 76.3 Å². The van der Waals surface area contributed by atoms with Crippen LogP contribution >= 0.6 is 0 Å². The highest BCUT2D eigenvalue weighted by Gasteiger charge is 2.31. The number of aryl methyl sites for hydroxylation is 1. The van der Waals surface area contributed by atoms with Crippen molar-refractivity contribution in [2.75, 3.05) is 0 Å². The van der Waals surface area contributed by atoms with Crippen molar-refractivity contribution >= 4 is 16.9 Å². The normalized spacial score (nSPS) is 15.7. The second-order valence-electron chi connectivity index (χ2n) is 11.3. The highest BCUT2D eigenvalue weighted by atomic mass is 19.4. The Labute approximate surface area is 239 Å². The average molecular weight is 560 g/mol. The van der Waals surface area contributed by atoms with Gasteiger partial charge in [-0.25, -0.2) is 4.79 Å². The fourth-order valence-corrected chi connectivity index (χ4v) is 6.56. The van der Waals surface area contributed by atoms with Gasteiger partial charge in [0.05, 0.1) is 16.6 Å². The van der Waals surface area contributed by atoms with Crippen molar-refractivity contribution in [1.82, 2.24) is 4.98 Å². The molecule has 4 aromatic rings. The second kappa shape index (κ2) is 12.5. The maximum absolute atomic E-state index is 13.3. The fraction of sp³-hybridized carbons (Fsp3) is 0.371. The Hall–Kier alpha value is -3.67. The van der Waals surface area contributed by atoms with Gasteiger partial charge in [0.2, 0.25) is 0 Å². The first-order valence-electron chi connectivity index (χ1n) is 14.6. The van der Waals surface area contributed by atoms with Gasteiger partial charge in [-0.3, -0.25) is 4.98 Å². The van der Waals surface area contributed by atoms with E-state index < -0.39 is 17.7 Å². The van der Waals surface area contributed by atoms with Crippen LogP contribution in [0.5, 0.6) is 0 Å². The van der Waals surface area contributed by atoms with E-state index in [2.05, 4.69) is 36.2 Å². The third-order valence-electron chi connectivity index (χ3n) is 8.78. The first kappa shape index (κ1) is 28.8. The number of benzene rings is 3. The third kappa shape index (κ3) is 6.64. The average Bonchev–Trinajstić information content (AvgIpc) is 3.51. The van der Waals surface area contributed by atoms with E-state index in [0.717, 1.165) is 42.5 Å². The number of hydrogen-bond donors (Lipinski definition) is 1. The van der Waals surface area contributed by atoms with E-state index in [1.807, 2.05) is 18.2 Å². The molecule has 41 heavy (non-hydrogen) atoms. The molecule has 1 aromatic heterocycles. The van der Waals surface area contributed by atoms with Crippen molar-refractivity contribution in [3.05, 3.63) is 112 Å². The smallest absolute Gasteiger partial charge is 0.416 e. The van der Waals surface area contributed by atoms with Crippen LogP contribution in [-0.4, -0.2) is 16.1 Å². The van der Waals surface area contributed by atoms with Crippen LogP contribution in [0.3, 0.4) is 0 Å². The Kier molecular flexibility index (Phi) is 8.77. The summed E-state index contributed by atoms with van der Waals surface area (Å²) in [5.41, 5.74) is 4.35. The molecule has 0 spiro atoms. The minimum atomic E-state index is -4.41. The second-order valence-corrected chi connectivity index (χ2v) is 11.3. The molecule has 1 heterocycles. The van der Waals surface area contributed by atoms with Gasteiger partial charge in [0.15, 0.2) is 0 Å². The predicted molar refractivity (Wildman–Crippen MR) is 156 cm³/mol. The SMILES string of the molecule is CCC(CCCc1ccccc1C(=O)O)[C@@H](c1ccc(C2CCCC2)cc1)c1cnc2cc(C(F)(F)F)ccc2c1. The molecule has 3 aromatic carbocycles. The number of aromatic carboxylic acids is 1. The lowest BCUT2D eigenvalue weighted by Gasteiger charge is -2.28. The lowest BCUT2D eigenvalue weighted by atomic mass is 9.76. The van der Waals surface area contributed by atoms with Gasteiger partial charge in [-0.05, 0) is 90.5 Å². The standard InChI is InChI=1S/C35H36F3NO2/c1-2-23(11-7-12-26-10-5-6-13-31(26)34(40)41)33(27-16-14-25(15-17-27)24-8-3-4-9-24)29-20-28-18-19-30(35(36,37)38)21-32(28)39-22-29/h5-6,10,13-24,33H,2-4,7-9,11-12H2,1H3,(H,40,41)/t23?,33-/m0/s1. The van der Waals surface area contributed by atoms with Crippen LogP contribution in [0.1, 0.15) is 102 Å². The first-order valence-corrected chi connectivity index (χ1v) is 14.6. The van der Waals surface area contributed by atoms with Gasteiger partial charge in [0, 0.05) is 17.5 Å². The Morgan fingerprint density at radius 2 is 1.71 bits per heavy atom. The number of fused-ring (bicyclic) bond motifs is 1. The summed E-state index contributed by atoms with van der Waals surface area (Å²) in [6.45, 7) is 2.17. The molecule has 6 heteroatoms. The molecule has 0 bridgehead atoms. The van der Waals surface area contributed by atoms with Gasteiger partial charge in [-0.2, -0.15) is 13.2 Å². The van der Waals surface area contributed by atoms with Crippen molar-refractivity contribution in [2.24, 2.45) is 5.92 Å². The largest absolute Gasteiger partial charge is 0.478 e. The number of nitrogens with zero attached hydrogens (tertiary/aromatic N) is 1. The zero-order chi connectivity index (χ0) is 29.0. The molecule has 1 aliphatic carbocycles. The molecule has 214 valence electrons. The minimum Gasteiger partial charge on any atom is -0.478 e. The number of alkyl halides is 3. The number of rotatable bonds is 10. The Balaban J connectivity index is 1.45. The number of carboxylic acids is 1. The zero-order valence-corrected chi connectivity index (χ0v) is 23.3. The lowest BCUT2D eigenvalue weighted by molar-refractivity contribution is -0.137. The molecule has 1 unspecified atom stereocenters. The summed E-state index contributed by atoms with van der Waals surface area (Å²) < 4.78 is 39.9. The van der Waals surface area contributed by atoms with E-state index in [4.69, 9.17) is 0 Å². The zero-order valence-electron chi connectivity index (χ0n) is 23.3. The van der Waals surface area contributed by atoms with Gasteiger partial charge >= 0.3 is 12.1 Å². The lowest BCUT2D eigenvalue weighted by Crippen LogP contribution is -2.15. The van der Waals surface area contributed by atoms with Crippen LogP contribution in [0, 0.1) is 5.92 Å². The molecule has 0 radical (unpaired) electrons. The van der Waals surface area contributed by atoms with Crippen LogP contribution < -0.4 is 0 Å². The van der Waals surface area contributed by atoms with E-state index >= 15 is 0 Å². The summed E-state index contributed by atoms with van der Waals surface area (Å²) >= 11 is 0. The predicted octanol–water partition coefficient (Wildman–Crippen LogP) is 9.79. The summed E-state index contributed by atoms with van der Waals surface area (Å²) in [6, 6.07) is 21.8. The number of carboxylic acid groups (broad SMARTS) is 1. The van der Waals surface area contributed by atoms with Crippen LogP contribution in [0.25, 0.3) is 10.9 Å². The van der Waals surface area contributed by atoms with Crippen LogP contribution in [0.4, 0.5) is 13.2 Å². The fourth-order valence-electron chi connectivity index (χ4n) is 6.56. The number of carbonyl (C=O) groups is 1. The molecule has 2 atom stereocenters. The minimum absolute atomic E-state index is 0.0199. The van der Waals surface area contributed by atoms with E-state index in [9.17, 15) is 23.1 Å². The highest BCUT2D eigenvalue weighted by Crippen LogP contribution is 2.40. The van der Waals surface area contributed by atoms with Crippen molar-refractivity contribution in [3.63, 3.8) is 0 Å². The molecule has 1 fully saturated rings. The van der Waals surface area contributed by atoms with Gasteiger partial charge in [0.25, 0.3) is 0 Å². The van der Waals surface area contributed by atoms with E-state index in [1.165, 1.54) is 42.9 Å². The molecule has 5 rings (SSSR count). The van der Waals surface area contributed by atoms with Gasteiger partial charge in [-0.15, -0.1) is 0 Å². The van der Waals surface area contributed by atoms with Crippen molar-refractivity contribution < 1.29 is 23.1 Å². The Morgan fingerprint density at radius 3 is 2.39 bits per heavy atom. The quantitative estimate of drug-likeness (QED) is 0.210. The van der Waals surface area contributed by atoms with Crippen LogP contribution in [0.2, 0.25) is 0 Å². The number of aromatic nitrogens is 1. The summed E-state index contributed by atoms with van der Waals surface area (Å²) in [4.78, 5) is 16.2. The van der Waals surface area contributed by atoms with E-state index in [0.29, 0.717) is 28.8 Å². The molecular formula is C35H36F3NO2. The first-order chi connectivity index (χ1) is 19.7. The Bertz CT molecular complexity index is 1490. The summed E-state index contributed by atoms with van der Waals surface area (Å²) in [5, 5.41) is 10.3.